The maximum atomic E-state index is 11.7. The maximum Gasteiger partial charge on any atom is 0.219 e. The van der Waals surface area contributed by atoms with E-state index in [4.69, 9.17) is 4.74 Å². The third kappa shape index (κ3) is 3.95. The van der Waals surface area contributed by atoms with Crippen LogP contribution in [0.3, 0.4) is 0 Å². The number of rotatable bonds is 3. The summed E-state index contributed by atoms with van der Waals surface area (Å²) in [5.41, 5.74) is 1.78. The van der Waals surface area contributed by atoms with Gasteiger partial charge in [0.15, 0.2) is 0 Å². The van der Waals surface area contributed by atoms with Crippen molar-refractivity contribution >= 4 is 15.9 Å². The van der Waals surface area contributed by atoms with Gasteiger partial charge >= 0.3 is 0 Å². The summed E-state index contributed by atoms with van der Waals surface area (Å²) in [5.74, 6) is 0.689. The number of sulfonamides is 1. The van der Waals surface area contributed by atoms with E-state index in [-0.39, 0.29) is 5.91 Å². The standard InChI is InChI=1S/C14H20N2O4S/c1-11(17)15(2)9-12-4-5-14-13(8-12)10-16(6-7-20-14)21(3,18)19/h4-5,8H,6-7,9-10H2,1-3H3. The van der Waals surface area contributed by atoms with Crippen molar-refractivity contribution in [2.24, 2.45) is 0 Å². The Morgan fingerprint density at radius 3 is 2.76 bits per heavy atom. The molecule has 0 saturated heterocycles. The zero-order chi connectivity index (χ0) is 15.6. The molecule has 1 heterocycles. The van der Waals surface area contributed by atoms with Crippen molar-refractivity contribution in [2.45, 2.75) is 20.0 Å². The Morgan fingerprint density at radius 1 is 1.43 bits per heavy atom. The molecule has 0 bridgehead atoms. The molecule has 6 nitrogen and oxygen atoms in total. The monoisotopic (exact) mass is 312 g/mol. The van der Waals surface area contributed by atoms with Crippen LogP contribution < -0.4 is 4.74 Å². The molecule has 1 aliphatic heterocycles. The maximum absolute atomic E-state index is 11.7. The van der Waals surface area contributed by atoms with E-state index in [0.29, 0.717) is 32.0 Å². The molecule has 2 rings (SSSR count). The SMILES string of the molecule is CC(=O)N(C)Cc1ccc2c(c1)CN(S(C)(=O)=O)CCO2. The molecule has 1 aromatic rings. The second kappa shape index (κ2) is 6.03. The summed E-state index contributed by atoms with van der Waals surface area (Å²) in [4.78, 5) is 12.9. The molecule has 0 unspecified atom stereocenters. The summed E-state index contributed by atoms with van der Waals surface area (Å²) in [6.45, 7) is 2.98. The molecule has 1 aromatic carbocycles. The van der Waals surface area contributed by atoms with Gasteiger partial charge in [-0.05, 0) is 17.7 Å². The van der Waals surface area contributed by atoms with E-state index in [9.17, 15) is 13.2 Å². The molecule has 0 aliphatic carbocycles. The fourth-order valence-electron chi connectivity index (χ4n) is 2.19. The van der Waals surface area contributed by atoms with Gasteiger partial charge in [0.2, 0.25) is 15.9 Å². The van der Waals surface area contributed by atoms with Crippen LogP contribution in [0.4, 0.5) is 0 Å². The fraction of sp³-hybridized carbons (Fsp3) is 0.500. The molecule has 1 amide bonds. The lowest BCUT2D eigenvalue weighted by Gasteiger charge is -2.18. The number of hydrogen-bond acceptors (Lipinski definition) is 4. The third-order valence-electron chi connectivity index (χ3n) is 3.50. The number of benzene rings is 1. The highest BCUT2D eigenvalue weighted by atomic mass is 32.2. The van der Waals surface area contributed by atoms with Gasteiger partial charge in [-0.3, -0.25) is 4.79 Å². The number of amides is 1. The van der Waals surface area contributed by atoms with Crippen molar-refractivity contribution in [3.8, 4) is 5.75 Å². The molecule has 0 saturated carbocycles. The Hall–Kier alpha value is -1.60. The van der Waals surface area contributed by atoms with Crippen molar-refractivity contribution in [1.29, 1.82) is 0 Å². The second-order valence-corrected chi connectivity index (χ2v) is 7.24. The second-order valence-electron chi connectivity index (χ2n) is 5.26. The van der Waals surface area contributed by atoms with E-state index in [1.54, 1.807) is 11.9 Å². The van der Waals surface area contributed by atoms with Crippen molar-refractivity contribution < 1.29 is 17.9 Å². The molecule has 7 heteroatoms. The van der Waals surface area contributed by atoms with E-state index < -0.39 is 10.0 Å². The minimum Gasteiger partial charge on any atom is -0.492 e. The fourth-order valence-corrected chi connectivity index (χ4v) is 2.97. The zero-order valence-electron chi connectivity index (χ0n) is 12.5. The largest absolute Gasteiger partial charge is 0.492 e. The Morgan fingerprint density at radius 2 is 2.14 bits per heavy atom. The minimum atomic E-state index is -3.25. The first-order chi connectivity index (χ1) is 9.77. The van der Waals surface area contributed by atoms with Crippen molar-refractivity contribution in [3.63, 3.8) is 0 Å². The molecule has 0 fully saturated rings. The molecule has 21 heavy (non-hydrogen) atoms. The molecular weight excluding hydrogens is 292 g/mol. The van der Waals surface area contributed by atoms with Gasteiger partial charge in [0.1, 0.15) is 12.4 Å². The average molecular weight is 312 g/mol. The van der Waals surface area contributed by atoms with Gasteiger partial charge in [0, 0.05) is 39.2 Å². The van der Waals surface area contributed by atoms with Gasteiger partial charge in [-0.1, -0.05) is 6.07 Å². The highest BCUT2D eigenvalue weighted by Crippen LogP contribution is 2.25. The van der Waals surface area contributed by atoms with Crippen LogP contribution in [0.15, 0.2) is 18.2 Å². The molecule has 0 atom stereocenters. The molecule has 0 aromatic heterocycles. The lowest BCUT2D eigenvalue weighted by atomic mass is 10.1. The van der Waals surface area contributed by atoms with Gasteiger partial charge in [0.25, 0.3) is 0 Å². The van der Waals surface area contributed by atoms with E-state index in [0.717, 1.165) is 11.1 Å². The molecule has 0 N–H and O–H groups in total. The summed E-state index contributed by atoms with van der Waals surface area (Å²) < 4.78 is 30.4. The lowest BCUT2D eigenvalue weighted by molar-refractivity contribution is -0.128. The number of hydrogen-bond donors (Lipinski definition) is 0. The average Bonchev–Trinajstić information content (AvgIpc) is 2.59. The topological polar surface area (TPSA) is 66.9 Å². The van der Waals surface area contributed by atoms with E-state index in [1.807, 2.05) is 18.2 Å². The molecule has 0 radical (unpaired) electrons. The minimum absolute atomic E-state index is 0.0149. The Labute approximate surface area is 125 Å². The Bertz CT molecular complexity index is 642. The van der Waals surface area contributed by atoms with Crippen LogP contribution in [0.5, 0.6) is 5.75 Å². The number of ether oxygens (including phenoxy) is 1. The third-order valence-corrected chi connectivity index (χ3v) is 4.75. The predicted octanol–water partition coefficient (Wildman–Crippen LogP) is 0.819. The summed E-state index contributed by atoms with van der Waals surface area (Å²) in [6, 6.07) is 5.64. The smallest absolute Gasteiger partial charge is 0.219 e. The van der Waals surface area contributed by atoms with Crippen molar-refractivity contribution in [2.75, 3.05) is 26.5 Å². The first kappa shape index (κ1) is 15.8. The molecular formula is C14H20N2O4S. The van der Waals surface area contributed by atoms with Crippen molar-refractivity contribution in [1.82, 2.24) is 9.21 Å². The lowest BCUT2D eigenvalue weighted by Crippen LogP contribution is -2.31. The number of carbonyl (C=O) groups excluding carboxylic acids is 1. The van der Waals surface area contributed by atoms with E-state index in [1.165, 1.54) is 17.5 Å². The van der Waals surface area contributed by atoms with Crippen molar-refractivity contribution in [3.05, 3.63) is 29.3 Å². The Kier molecular flexibility index (Phi) is 4.53. The Balaban J connectivity index is 2.26. The molecule has 0 spiro atoms. The first-order valence-electron chi connectivity index (χ1n) is 6.69. The van der Waals surface area contributed by atoms with Crippen LogP contribution in [0.1, 0.15) is 18.1 Å². The van der Waals surface area contributed by atoms with Gasteiger partial charge in [-0.25, -0.2) is 8.42 Å². The number of carbonyl (C=O) groups is 1. The highest BCUT2D eigenvalue weighted by molar-refractivity contribution is 7.88. The quantitative estimate of drug-likeness (QED) is 0.829. The highest BCUT2D eigenvalue weighted by Gasteiger charge is 2.22. The summed E-state index contributed by atoms with van der Waals surface area (Å²) in [6.07, 6.45) is 1.20. The number of nitrogens with zero attached hydrogens (tertiary/aromatic N) is 2. The van der Waals surface area contributed by atoms with Gasteiger partial charge in [-0.15, -0.1) is 0 Å². The van der Waals surface area contributed by atoms with Gasteiger partial charge in [-0.2, -0.15) is 4.31 Å². The van der Waals surface area contributed by atoms with Crippen LogP contribution in [-0.2, 0) is 27.9 Å². The zero-order valence-corrected chi connectivity index (χ0v) is 13.3. The van der Waals surface area contributed by atoms with Gasteiger partial charge in [0.05, 0.1) is 6.26 Å². The first-order valence-corrected chi connectivity index (χ1v) is 8.53. The van der Waals surface area contributed by atoms with Crippen LogP contribution in [0.2, 0.25) is 0 Å². The van der Waals surface area contributed by atoms with Crippen LogP contribution in [0, 0.1) is 0 Å². The molecule has 1 aliphatic rings. The van der Waals surface area contributed by atoms with Crippen LogP contribution >= 0.6 is 0 Å². The van der Waals surface area contributed by atoms with E-state index >= 15 is 0 Å². The number of fused-ring (bicyclic) bond motifs is 1. The molecule has 116 valence electrons. The normalized spacial score (nSPS) is 15.8. The van der Waals surface area contributed by atoms with E-state index in [2.05, 4.69) is 0 Å². The summed E-state index contributed by atoms with van der Waals surface area (Å²) in [5, 5.41) is 0. The van der Waals surface area contributed by atoms with Gasteiger partial charge < -0.3 is 9.64 Å². The summed E-state index contributed by atoms with van der Waals surface area (Å²) >= 11 is 0. The predicted molar refractivity (Wildman–Crippen MR) is 79.3 cm³/mol. The van der Waals surface area contributed by atoms with Crippen LogP contribution in [-0.4, -0.2) is 50.0 Å². The van der Waals surface area contributed by atoms with Crippen LogP contribution in [0.25, 0.3) is 0 Å². The summed E-state index contributed by atoms with van der Waals surface area (Å²) in [7, 11) is -1.52.